The summed E-state index contributed by atoms with van der Waals surface area (Å²) in [6.07, 6.45) is 4.25. The van der Waals surface area contributed by atoms with Gasteiger partial charge in [-0.25, -0.2) is 4.98 Å². The Kier molecular flexibility index (Phi) is 4.80. The van der Waals surface area contributed by atoms with Crippen molar-refractivity contribution in [3.63, 3.8) is 0 Å². The number of imidazole rings is 1. The zero-order chi connectivity index (χ0) is 20.5. The third-order valence-corrected chi connectivity index (χ3v) is 5.81. The second-order valence-electron chi connectivity index (χ2n) is 6.99. The minimum absolute atomic E-state index is 0.0233. The average Bonchev–Trinajstić information content (AvgIpc) is 3.34. The van der Waals surface area contributed by atoms with E-state index in [0.717, 1.165) is 29.3 Å². The fourth-order valence-corrected chi connectivity index (χ4v) is 4.12. The van der Waals surface area contributed by atoms with Gasteiger partial charge in [-0.1, -0.05) is 42.1 Å². The molecule has 0 spiro atoms. The molecule has 1 fully saturated rings. The van der Waals surface area contributed by atoms with Crippen LogP contribution in [0.25, 0.3) is 22.7 Å². The Morgan fingerprint density at radius 2 is 1.83 bits per heavy atom. The number of nitro groups is 1. The SMILES string of the molecule is O=[N+]([O-])c1ccc(-c2nnc(CSc3ncc(-c4ccccc4)n3C3CC3)o2)cc1. The van der Waals surface area contributed by atoms with E-state index < -0.39 is 4.92 Å². The van der Waals surface area contributed by atoms with Gasteiger partial charge in [0.1, 0.15) is 0 Å². The molecule has 1 aliphatic rings. The lowest BCUT2D eigenvalue weighted by Crippen LogP contribution is -1.99. The van der Waals surface area contributed by atoms with Crippen LogP contribution in [0.4, 0.5) is 5.69 Å². The van der Waals surface area contributed by atoms with E-state index in [4.69, 9.17) is 4.42 Å². The molecule has 5 rings (SSSR count). The third-order valence-electron chi connectivity index (χ3n) is 4.86. The summed E-state index contributed by atoms with van der Waals surface area (Å²) in [4.78, 5) is 15.0. The minimum atomic E-state index is -0.439. The zero-order valence-corrected chi connectivity index (χ0v) is 16.7. The topological polar surface area (TPSA) is 99.9 Å². The first-order valence-electron chi connectivity index (χ1n) is 9.52. The molecular formula is C21H17N5O3S. The molecule has 0 radical (unpaired) electrons. The summed E-state index contributed by atoms with van der Waals surface area (Å²) >= 11 is 1.57. The minimum Gasteiger partial charge on any atom is -0.420 e. The molecule has 2 heterocycles. The monoisotopic (exact) mass is 419 g/mol. The van der Waals surface area contributed by atoms with Crippen LogP contribution in [-0.2, 0) is 5.75 Å². The number of rotatable bonds is 7. The van der Waals surface area contributed by atoms with Gasteiger partial charge in [0.15, 0.2) is 5.16 Å². The quantitative estimate of drug-likeness (QED) is 0.232. The first-order chi connectivity index (χ1) is 14.7. The van der Waals surface area contributed by atoms with E-state index in [2.05, 4.69) is 31.9 Å². The van der Waals surface area contributed by atoms with E-state index in [1.54, 1.807) is 23.9 Å². The predicted octanol–water partition coefficient (Wildman–Crippen LogP) is 5.14. The van der Waals surface area contributed by atoms with Gasteiger partial charge >= 0.3 is 0 Å². The second kappa shape index (κ2) is 7.75. The highest BCUT2D eigenvalue weighted by molar-refractivity contribution is 7.98. The van der Waals surface area contributed by atoms with Gasteiger partial charge < -0.3 is 8.98 Å². The van der Waals surface area contributed by atoms with Crippen molar-refractivity contribution in [1.82, 2.24) is 19.7 Å². The number of nitrogens with zero attached hydrogens (tertiary/aromatic N) is 5. The molecule has 8 nitrogen and oxygen atoms in total. The lowest BCUT2D eigenvalue weighted by atomic mass is 10.2. The van der Waals surface area contributed by atoms with E-state index in [-0.39, 0.29) is 5.69 Å². The molecule has 2 aromatic carbocycles. The molecule has 0 unspecified atom stereocenters. The van der Waals surface area contributed by atoms with Crippen molar-refractivity contribution in [2.24, 2.45) is 0 Å². The molecule has 0 aliphatic heterocycles. The number of hydrogen-bond acceptors (Lipinski definition) is 7. The van der Waals surface area contributed by atoms with Crippen LogP contribution in [0.3, 0.4) is 0 Å². The lowest BCUT2D eigenvalue weighted by molar-refractivity contribution is -0.384. The summed E-state index contributed by atoms with van der Waals surface area (Å²) in [7, 11) is 0. The van der Waals surface area contributed by atoms with Gasteiger partial charge in [-0.15, -0.1) is 10.2 Å². The van der Waals surface area contributed by atoms with Crippen LogP contribution >= 0.6 is 11.8 Å². The summed E-state index contributed by atoms with van der Waals surface area (Å²) in [5, 5.41) is 19.9. The van der Waals surface area contributed by atoms with E-state index in [1.807, 2.05) is 24.4 Å². The number of non-ortho nitro benzene ring substituents is 1. The molecule has 2 aromatic heterocycles. The molecule has 0 amide bonds. The van der Waals surface area contributed by atoms with Crippen molar-refractivity contribution < 1.29 is 9.34 Å². The van der Waals surface area contributed by atoms with Crippen molar-refractivity contribution in [2.75, 3.05) is 0 Å². The van der Waals surface area contributed by atoms with Crippen LogP contribution in [0.5, 0.6) is 0 Å². The largest absolute Gasteiger partial charge is 0.420 e. The fourth-order valence-electron chi connectivity index (χ4n) is 3.24. The van der Waals surface area contributed by atoms with Crippen molar-refractivity contribution in [3.05, 3.63) is 76.8 Å². The van der Waals surface area contributed by atoms with Crippen molar-refractivity contribution in [3.8, 4) is 22.7 Å². The van der Waals surface area contributed by atoms with Crippen LogP contribution in [0.2, 0.25) is 0 Å². The standard InChI is InChI=1S/C21H17N5O3S/c27-26(28)17-8-6-15(7-9-17)20-24-23-19(29-20)13-30-21-22-12-18(25(21)16-10-11-16)14-4-2-1-3-5-14/h1-9,12,16H,10-11,13H2. The number of nitro benzene ring substituents is 1. The molecule has 1 saturated carbocycles. The van der Waals surface area contributed by atoms with Crippen LogP contribution < -0.4 is 0 Å². The molecule has 9 heteroatoms. The smallest absolute Gasteiger partial charge is 0.269 e. The molecule has 4 aromatic rings. The first kappa shape index (κ1) is 18.6. The summed E-state index contributed by atoms with van der Waals surface area (Å²) in [6, 6.07) is 16.8. The van der Waals surface area contributed by atoms with Gasteiger partial charge in [-0.2, -0.15) is 0 Å². The van der Waals surface area contributed by atoms with Gasteiger partial charge in [0.05, 0.1) is 22.6 Å². The molecule has 150 valence electrons. The Morgan fingerprint density at radius 3 is 2.53 bits per heavy atom. The number of hydrogen-bond donors (Lipinski definition) is 0. The molecule has 1 aliphatic carbocycles. The molecule has 0 bridgehead atoms. The number of thioether (sulfide) groups is 1. The maximum atomic E-state index is 10.8. The van der Waals surface area contributed by atoms with Gasteiger partial charge in [0.2, 0.25) is 11.8 Å². The highest BCUT2D eigenvalue weighted by Gasteiger charge is 2.29. The maximum absolute atomic E-state index is 10.8. The van der Waals surface area contributed by atoms with Crippen LogP contribution in [-0.4, -0.2) is 24.7 Å². The highest BCUT2D eigenvalue weighted by Crippen LogP contribution is 2.42. The first-order valence-corrected chi connectivity index (χ1v) is 10.5. The van der Waals surface area contributed by atoms with Crippen LogP contribution in [0, 0.1) is 10.1 Å². The van der Waals surface area contributed by atoms with E-state index in [1.165, 1.54) is 12.1 Å². The second-order valence-corrected chi connectivity index (χ2v) is 7.93. The van der Waals surface area contributed by atoms with Crippen molar-refractivity contribution in [2.45, 2.75) is 29.8 Å². The third kappa shape index (κ3) is 3.71. The normalized spacial score (nSPS) is 13.5. The Morgan fingerprint density at radius 1 is 1.07 bits per heavy atom. The Balaban J connectivity index is 1.33. The number of benzene rings is 2. The van der Waals surface area contributed by atoms with Gasteiger partial charge in [0.25, 0.3) is 5.69 Å². The average molecular weight is 419 g/mol. The summed E-state index contributed by atoms with van der Waals surface area (Å²) < 4.78 is 8.05. The highest BCUT2D eigenvalue weighted by atomic mass is 32.2. The van der Waals surface area contributed by atoms with Gasteiger partial charge in [-0.3, -0.25) is 10.1 Å². The summed E-state index contributed by atoms with van der Waals surface area (Å²) in [5.74, 6) is 1.33. The van der Waals surface area contributed by atoms with E-state index >= 15 is 0 Å². The van der Waals surface area contributed by atoms with Crippen LogP contribution in [0.15, 0.2) is 70.4 Å². The molecule has 30 heavy (non-hydrogen) atoms. The Hall–Kier alpha value is -3.46. The van der Waals surface area contributed by atoms with Gasteiger partial charge in [-0.05, 0) is 30.5 Å². The molecular weight excluding hydrogens is 402 g/mol. The summed E-state index contributed by atoms with van der Waals surface area (Å²) in [6.45, 7) is 0. The summed E-state index contributed by atoms with van der Waals surface area (Å²) in [5.41, 5.74) is 2.95. The Labute approximate surface area is 176 Å². The predicted molar refractivity (Wildman–Crippen MR) is 112 cm³/mol. The molecule has 0 atom stereocenters. The fraction of sp³-hybridized carbons (Fsp3) is 0.190. The molecule has 0 saturated heterocycles. The molecule has 0 N–H and O–H groups in total. The Bertz CT molecular complexity index is 1180. The lowest BCUT2D eigenvalue weighted by Gasteiger charge is -2.10. The number of aromatic nitrogens is 4. The van der Waals surface area contributed by atoms with Crippen molar-refractivity contribution in [1.29, 1.82) is 0 Å². The van der Waals surface area contributed by atoms with Gasteiger partial charge in [0, 0.05) is 23.7 Å². The van der Waals surface area contributed by atoms with E-state index in [0.29, 0.717) is 29.1 Å². The van der Waals surface area contributed by atoms with Crippen molar-refractivity contribution >= 4 is 17.4 Å². The van der Waals surface area contributed by atoms with Crippen LogP contribution in [0.1, 0.15) is 24.8 Å². The zero-order valence-electron chi connectivity index (χ0n) is 15.8. The van der Waals surface area contributed by atoms with E-state index in [9.17, 15) is 10.1 Å². The maximum Gasteiger partial charge on any atom is 0.269 e.